The predicted octanol–water partition coefficient (Wildman–Crippen LogP) is 2.63. The molecule has 8 heteroatoms. The number of amides is 1. The smallest absolute Gasteiger partial charge is 0.262 e. The third-order valence-electron chi connectivity index (χ3n) is 5.52. The maximum Gasteiger partial charge on any atom is 0.262 e. The molecule has 1 atom stereocenters. The molecule has 7 nitrogen and oxygen atoms in total. The summed E-state index contributed by atoms with van der Waals surface area (Å²) in [6, 6.07) is 5.56. The molecular formula is C21H21N3O4S. The number of carbonyl (C=O) groups excluding carboxylic acids is 1. The Kier molecular flexibility index (Phi) is 4.50. The fourth-order valence-electron chi connectivity index (χ4n) is 3.94. The van der Waals surface area contributed by atoms with Crippen LogP contribution >= 0.6 is 11.3 Å². The number of nitrogens with one attached hydrogen (secondary N) is 1. The van der Waals surface area contributed by atoms with Gasteiger partial charge < -0.3 is 14.8 Å². The van der Waals surface area contributed by atoms with Crippen molar-refractivity contribution in [3.8, 4) is 11.5 Å². The van der Waals surface area contributed by atoms with Gasteiger partial charge in [-0.2, -0.15) is 0 Å². The van der Waals surface area contributed by atoms with Gasteiger partial charge in [0, 0.05) is 11.4 Å². The number of ether oxygens (including phenoxy) is 2. The number of fused-ring (bicyclic) bond motifs is 4. The summed E-state index contributed by atoms with van der Waals surface area (Å²) in [6.45, 7) is 2.76. The third kappa shape index (κ3) is 3.37. The van der Waals surface area contributed by atoms with Gasteiger partial charge in [-0.05, 0) is 48.4 Å². The van der Waals surface area contributed by atoms with Gasteiger partial charge in [-0.1, -0.05) is 13.0 Å². The highest BCUT2D eigenvalue weighted by Gasteiger charge is 2.23. The Bertz CT molecular complexity index is 1170. The molecule has 2 aliphatic rings. The molecule has 3 aromatic rings. The Hall–Kier alpha value is -2.87. The number of carbonyl (C=O) groups is 1. The van der Waals surface area contributed by atoms with Crippen LogP contribution in [0.3, 0.4) is 0 Å². The van der Waals surface area contributed by atoms with Crippen LogP contribution in [0.1, 0.15) is 29.3 Å². The van der Waals surface area contributed by atoms with Crippen LogP contribution in [-0.4, -0.2) is 22.3 Å². The van der Waals surface area contributed by atoms with Crippen LogP contribution in [0, 0.1) is 5.92 Å². The van der Waals surface area contributed by atoms with E-state index in [9.17, 15) is 9.59 Å². The Morgan fingerprint density at radius 1 is 1.34 bits per heavy atom. The molecular weight excluding hydrogens is 390 g/mol. The number of aromatic nitrogens is 2. The first-order valence-corrected chi connectivity index (χ1v) is 10.5. The molecule has 1 amide bonds. The minimum atomic E-state index is -0.233. The standard InChI is InChI=1S/C21H21N3O4S/c1-12-2-4-14-17(6-12)29-20-19(14)21(26)24(10-23-20)9-18(25)22-8-13-3-5-15-16(7-13)28-11-27-15/h3,5,7,10,12H,2,4,6,8-9,11H2,1H3,(H,22,25)/t12-/m0/s1. The number of nitrogens with zero attached hydrogens (tertiary/aromatic N) is 2. The molecule has 0 radical (unpaired) electrons. The van der Waals surface area contributed by atoms with E-state index >= 15 is 0 Å². The second-order valence-electron chi connectivity index (χ2n) is 7.67. The fraction of sp³-hybridized carbons (Fsp3) is 0.381. The Morgan fingerprint density at radius 2 is 2.21 bits per heavy atom. The Balaban J connectivity index is 1.31. The lowest BCUT2D eigenvalue weighted by molar-refractivity contribution is -0.121. The van der Waals surface area contributed by atoms with Crippen molar-refractivity contribution in [1.82, 2.24) is 14.9 Å². The largest absolute Gasteiger partial charge is 0.454 e. The summed E-state index contributed by atoms with van der Waals surface area (Å²) in [4.78, 5) is 31.9. The third-order valence-corrected chi connectivity index (χ3v) is 6.69. The summed E-state index contributed by atoms with van der Waals surface area (Å²) in [6.07, 6.45) is 4.49. The van der Waals surface area contributed by atoms with Crippen molar-refractivity contribution in [1.29, 1.82) is 0 Å². The quantitative estimate of drug-likeness (QED) is 0.714. The first-order chi connectivity index (χ1) is 14.1. The molecule has 0 spiro atoms. The first-order valence-electron chi connectivity index (χ1n) is 9.73. The molecule has 1 aliphatic heterocycles. The van der Waals surface area contributed by atoms with Crippen molar-refractivity contribution in [3.05, 3.63) is 50.9 Å². The summed E-state index contributed by atoms with van der Waals surface area (Å²) in [7, 11) is 0. The van der Waals surface area contributed by atoms with Gasteiger partial charge in [0.2, 0.25) is 12.7 Å². The van der Waals surface area contributed by atoms with E-state index in [4.69, 9.17) is 9.47 Å². The second-order valence-corrected chi connectivity index (χ2v) is 8.76. The van der Waals surface area contributed by atoms with Gasteiger partial charge in [0.25, 0.3) is 5.56 Å². The van der Waals surface area contributed by atoms with E-state index in [-0.39, 0.29) is 24.8 Å². The zero-order valence-corrected chi connectivity index (χ0v) is 16.9. The highest BCUT2D eigenvalue weighted by Crippen LogP contribution is 2.35. The maximum absolute atomic E-state index is 13.0. The van der Waals surface area contributed by atoms with Crippen LogP contribution in [0.5, 0.6) is 11.5 Å². The molecule has 1 aromatic carbocycles. The van der Waals surface area contributed by atoms with Crippen molar-refractivity contribution in [2.75, 3.05) is 6.79 Å². The fourth-order valence-corrected chi connectivity index (χ4v) is 5.28. The summed E-state index contributed by atoms with van der Waals surface area (Å²) >= 11 is 1.62. The highest BCUT2D eigenvalue weighted by atomic mass is 32.1. The van der Waals surface area contributed by atoms with Crippen molar-refractivity contribution in [2.45, 2.75) is 39.3 Å². The van der Waals surface area contributed by atoms with E-state index < -0.39 is 0 Å². The summed E-state index contributed by atoms with van der Waals surface area (Å²) in [5, 5.41) is 3.55. The van der Waals surface area contributed by atoms with Gasteiger partial charge in [-0.3, -0.25) is 14.2 Å². The van der Waals surface area contributed by atoms with Gasteiger partial charge in [0.1, 0.15) is 11.4 Å². The molecule has 0 bridgehead atoms. The van der Waals surface area contributed by atoms with Crippen molar-refractivity contribution < 1.29 is 14.3 Å². The lowest BCUT2D eigenvalue weighted by atomic mass is 9.89. The molecule has 0 unspecified atom stereocenters. The average Bonchev–Trinajstić information content (AvgIpc) is 3.32. The number of thiophene rings is 1. The zero-order valence-electron chi connectivity index (χ0n) is 16.1. The monoisotopic (exact) mass is 411 g/mol. The molecule has 1 N–H and O–H groups in total. The molecule has 0 fully saturated rings. The van der Waals surface area contributed by atoms with Crippen LogP contribution in [0.2, 0.25) is 0 Å². The number of aryl methyl sites for hydroxylation is 1. The first kappa shape index (κ1) is 18.2. The van der Waals surface area contributed by atoms with Crippen LogP contribution in [0.15, 0.2) is 29.3 Å². The Morgan fingerprint density at radius 3 is 3.10 bits per heavy atom. The van der Waals surface area contributed by atoms with E-state index in [1.807, 2.05) is 18.2 Å². The second kappa shape index (κ2) is 7.18. The van der Waals surface area contributed by atoms with E-state index in [0.717, 1.165) is 35.2 Å². The van der Waals surface area contributed by atoms with Gasteiger partial charge in [-0.25, -0.2) is 4.98 Å². The van der Waals surface area contributed by atoms with E-state index in [0.29, 0.717) is 29.3 Å². The lowest BCUT2D eigenvalue weighted by Gasteiger charge is -2.17. The van der Waals surface area contributed by atoms with Crippen molar-refractivity contribution in [3.63, 3.8) is 0 Å². The minimum Gasteiger partial charge on any atom is -0.454 e. The van der Waals surface area contributed by atoms with Crippen LogP contribution in [-0.2, 0) is 30.7 Å². The number of benzene rings is 1. The lowest BCUT2D eigenvalue weighted by Crippen LogP contribution is -2.32. The molecule has 29 heavy (non-hydrogen) atoms. The molecule has 0 saturated carbocycles. The maximum atomic E-state index is 13.0. The summed E-state index contributed by atoms with van der Waals surface area (Å²) in [5.41, 5.74) is 1.92. The number of hydrogen-bond donors (Lipinski definition) is 1. The number of hydrogen-bond acceptors (Lipinski definition) is 6. The van der Waals surface area contributed by atoms with Crippen LogP contribution in [0.25, 0.3) is 10.2 Å². The van der Waals surface area contributed by atoms with Gasteiger partial charge in [0.05, 0.1) is 11.7 Å². The zero-order chi connectivity index (χ0) is 20.0. The van der Waals surface area contributed by atoms with Crippen LogP contribution < -0.4 is 20.3 Å². The minimum absolute atomic E-state index is 0.0483. The van der Waals surface area contributed by atoms with E-state index in [2.05, 4.69) is 17.2 Å². The Labute approximate surface area is 171 Å². The predicted molar refractivity (Wildman–Crippen MR) is 109 cm³/mol. The highest BCUT2D eigenvalue weighted by molar-refractivity contribution is 7.18. The van der Waals surface area contributed by atoms with Gasteiger partial charge >= 0.3 is 0 Å². The van der Waals surface area contributed by atoms with Crippen molar-refractivity contribution >= 4 is 27.5 Å². The topological polar surface area (TPSA) is 82.5 Å². The van der Waals surface area contributed by atoms with E-state index in [1.54, 1.807) is 11.3 Å². The SMILES string of the molecule is C[C@H]1CCc2c(sc3ncn(CC(=O)NCc4ccc5c(c4)OCO5)c(=O)c23)C1. The molecule has 1 aliphatic carbocycles. The van der Waals surface area contributed by atoms with Crippen LogP contribution in [0.4, 0.5) is 0 Å². The van der Waals surface area contributed by atoms with Gasteiger partial charge in [-0.15, -0.1) is 11.3 Å². The van der Waals surface area contributed by atoms with E-state index in [1.165, 1.54) is 15.8 Å². The van der Waals surface area contributed by atoms with Gasteiger partial charge in [0.15, 0.2) is 11.5 Å². The molecule has 2 aromatic heterocycles. The molecule has 5 rings (SSSR count). The summed E-state index contributed by atoms with van der Waals surface area (Å²) in [5.74, 6) is 1.79. The average molecular weight is 411 g/mol. The molecule has 3 heterocycles. The molecule has 150 valence electrons. The summed E-state index contributed by atoms with van der Waals surface area (Å²) < 4.78 is 12.1. The van der Waals surface area contributed by atoms with Crippen molar-refractivity contribution in [2.24, 2.45) is 5.92 Å². The molecule has 0 saturated heterocycles. The normalized spacial score (nSPS) is 17.3. The number of rotatable bonds is 4.